The molecule has 2 aromatic heterocycles. The Balaban J connectivity index is 2.03. The van der Waals surface area contributed by atoms with Crippen molar-refractivity contribution in [2.45, 2.75) is 6.92 Å². The molecule has 0 fully saturated rings. The molecule has 0 bridgehead atoms. The number of benzene rings is 1. The van der Waals surface area contributed by atoms with E-state index in [-0.39, 0.29) is 5.56 Å². The van der Waals surface area contributed by atoms with Crippen molar-refractivity contribution in [3.63, 3.8) is 0 Å². The molecular formula is C15H12N2OS. The van der Waals surface area contributed by atoms with Crippen LogP contribution in [-0.4, -0.2) is 9.97 Å². The lowest BCUT2D eigenvalue weighted by Crippen LogP contribution is -2.11. The van der Waals surface area contributed by atoms with Crippen molar-refractivity contribution < 1.29 is 0 Å². The molecule has 0 radical (unpaired) electrons. The highest BCUT2D eigenvalue weighted by molar-refractivity contribution is 7.12. The van der Waals surface area contributed by atoms with E-state index in [1.165, 1.54) is 4.88 Å². The van der Waals surface area contributed by atoms with Crippen molar-refractivity contribution >= 4 is 34.5 Å². The van der Waals surface area contributed by atoms with Crippen molar-refractivity contribution in [1.29, 1.82) is 0 Å². The van der Waals surface area contributed by atoms with Gasteiger partial charge in [0, 0.05) is 9.75 Å². The second-order valence-corrected chi connectivity index (χ2v) is 5.57. The first-order valence-electron chi connectivity index (χ1n) is 5.96. The molecule has 0 saturated carbocycles. The highest BCUT2D eigenvalue weighted by atomic mass is 32.1. The number of fused-ring (bicyclic) bond motifs is 1. The molecule has 3 nitrogen and oxygen atoms in total. The van der Waals surface area contributed by atoms with Crippen molar-refractivity contribution in [1.82, 2.24) is 9.97 Å². The molecule has 0 unspecified atom stereocenters. The average Bonchev–Trinajstić information content (AvgIpc) is 2.82. The first kappa shape index (κ1) is 11.9. The van der Waals surface area contributed by atoms with Crippen molar-refractivity contribution in [2.75, 3.05) is 0 Å². The first-order chi connectivity index (χ1) is 9.22. The zero-order chi connectivity index (χ0) is 13.2. The van der Waals surface area contributed by atoms with Crippen molar-refractivity contribution in [2.24, 2.45) is 0 Å². The maximum absolute atomic E-state index is 11.9. The minimum Gasteiger partial charge on any atom is -0.319 e. The standard InChI is InChI=1S/C15H12N2OS/c1-10-6-7-11(19-10)8-9-14-15(18)17-13-5-3-2-4-12(13)16-14/h2-9H,1H3,(H,17,18)/b9-8+. The van der Waals surface area contributed by atoms with Gasteiger partial charge >= 0.3 is 0 Å². The number of para-hydroxylation sites is 2. The zero-order valence-electron chi connectivity index (χ0n) is 10.4. The molecule has 1 aromatic carbocycles. The predicted molar refractivity (Wildman–Crippen MR) is 80.3 cm³/mol. The summed E-state index contributed by atoms with van der Waals surface area (Å²) in [7, 11) is 0. The number of hydrogen-bond acceptors (Lipinski definition) is 3. The van der Waals surface area contributed by atoms with E-state index in [4.69, 9.17) is 0 Å². The molecule has 0 aliphatic carbocycles. The predicted octanol–water partition coefficient (Wildman–Crippen LogP) is 3.46. The molecule has 3 rings (SSSR count). The number of H-pyrrole nitrogens is 1. The fourth-order valence-corrected chi connectivity index (χ4v) is 2.64. The highest BCUT2D eigenvalue weighted by Gasteiger charge is 2.01. The SMILES string of the molecule is Cc1ccc(/C=C/c2nc3ccccc3[nH]c2=O)s1. The van der Waals surface area contributed by atoms with Gasteiger partial charge in [-0.3, -0.25) is 4.79 Å². The molecule has 0 atom stereocenters. The summed E-state index contributed by atoms with van der Waals surface area (Å²) in [6, 6.07) is 11.6. The lowest BCUT2D eigenvalue weighted by Gasteiger charge is -1.97. The van der Waals surface area contributed by atoms with Crippen LogP contribution in [0.25, 0.3) is 23.2 Å². The van der Waals surface area contributed by atoms with E-state index in [1.54, 1.807) is 17.4 Å². The van der Waals surface area contributed by atoms with Crippen LogP contribution in [0.4, 0.5) is 0 Å². The van der Waals surface area contributed by atoms with E-state index in [0.717, 1.165) is 15.9 Å². The molecule has 0 amide bonds. The fraction of sp³-hybridized carbons (Fsp3) is 0.0667. The zero-order valence-corrected chi connectivity index (χ0v) is 11.2. The molecule has 0 aliphatic rings. The summed E-state index contributed by atoms with van der Waals surface area (Å²) in [5.41, 5.74) is 1.83. The molecule has 3 aromatic rings. The third-order valence-electron chi connectivity index (χ3n) is 2.79. The van der Waals surface area contributed by atoms with Gasteiger partial charge < -0.3 is 4.98 Å². The Hall–Kier alpha value is -2.20. The summed E-state index contributed by atoms with van der Waals surface area (Å²) in [4.78, 5) is 21.5. The summed E-state index contributed by atoms with van der Waals surface area (Å²) in [5.74, 6) is 0. The maximum atomic E-state index is 11.9. The van der Waals surface area contributed by atoms with Gasteiger partial charge in [0.05, 0.1) is 11.0 Å². The topological polar surface area (TPSA) is 45.8 Å². The van der Waals surface area contributed by atoms with Gasteiger partial charge in [0.1, 0.15) is 5.69 Å². The average molecular weight is 268 g/mol. The number of aromatic nitrogens is 2. The van der Waals surface area contributed by atoms with Crippen LogP contribution in [0.2, 0.25) is 0 Å². The number of aryl methyl sites for hydroxylation is 1. The lowest BCUT2D eigenvalue weighted by atomic mass is 10.3. The van der Waals surface area contributed by atoms with Gasteiger partial charge in [-0.1, -0.05) is 12.1 Å². The van der Waals surface area contributed by atoms with Crippen LogP contribution in [0.1, 0.15) is 15.4 Å². The Bertz CT molecular complexity index is 814. The van der Waals surface area contributed by atoms with Gasteiger partial charge in [-0.25, -0.2) is 4.98 Å². The van der Waals surface area contributed by atoms with Crippen molar-refractivity contribution in [3.05, 3.63) is 62.2 Å². The maximum Gasteiger partial charge on any atom is 0.274 e. The van der Waals surface area contributed by atoms with Crippen LogP contribution in [0.15, 0.2) is 41.2 Å². The van der Waals surface area contributed by atoms with Gasteiger partial charge in [-0.05, 0) is 43.3 Å². The normalized spacial score (nSPS) is 11.4. The Morgan fingerprint density at radius 1 is 1.16 bits per heavy atom. The van der Waals surface area contributed by atoms with Crippen molar-refractivity contribution in [3.8, 4) is 0 Å². The van der Waals surface area contributed by atoms with Crippen LogP contribution >= 0.6 is 11.3 Å². The van der Waals surface area contributed by atoms with E-state index in [1.807, 2.05) is 36.4 Å². The Morgan fingerprint density at radius 3 is 2.79 bits per heavy atom. The molecule has 1 N–H and O–H groups in total. The lowest BCUT2D eigenvalue weighted by molar-refractivity contribution is 1.19. The van der Waals surface area contributed by atoms with Crippen LogP contribution in [0, 0.1) is 6.92 Å². The minimum atomic E-state index is -0.164. The van der Waals surface area contributed by atoms with Crippen LogP contribution in [0.5, 0.6) is 0 Å². The first-order valence-corrected chi connectivity index (χ1v) is 6.77. The quantitative estimate of drug-likeness (QED) is 0.773. The molecule has 2 heterocycles. The number of aromatic amines is 1. The third kappa shape index (κ3) is 2.48. The van der Waals surface area contributed by atoms with E-state index in [9.17, 15) is 4.79 Å². The summed E-state index contributed by atoms with van der Waals surface area (Å²) < 4.78 is 0. The number of hydrogen-bond donors (Lipinski definition) is 1. The molecule has 19 heavy (non-hydrogen) atoms. The minimum absolute atomic E-state index is 0.164. The monoisotopic (exact) mass is 268 g/mol. The van der Waals surface area contributed by atoms with Crippen LogP contribution in [-0.2, 0) is 0 Å². The van der Waals surface area contributed by atoms with Gasteiger partial charge in [-0.2, -0.15) is 0 Å². The smallest absolute Gasteiger partial charge is 0.274 e. The number of nitrogens with one attached hydrogen (secondary N) is 1. The fourth-order valence-electron chi connectivity index (χ4n) is 1.86. The second kappa shape index (κ2) is 4.82. The Morgan fingerprint density at radius 2 is 2.00 bits per heavy atom. The number of nitrogens with zero attached hydrogens (tertiary/aromatic N) is 1. The largest absolute Gasteiger partial charge is 0.319 e. The molecule has 4 heteroatoms. The van der Waals surface area contributed by atoms with Gasteiger partial charge in [0.15, 0.2) is 0 Å². The van der Waals surface area contributed by atoms with Gasteiger partial charge in [0.2, 0.25) is 0 Å². The van der Waals surface area contributed by atoms with E-state index >= 15 is 0 Å². The van der Waals surface area contributed by atoms with E-state index < -0.39 is 0 Å². The summed E-state index contributed by atoms with van der Waals surface area (Å²) in [6.07, 6.45) is 3.68. The molecule has 0 spiro atoms. The van der Waals surface area contributed by atoms with Crippen LogP contribution < -0.4 is 5.56 Å². The highest BCUT2D eigenvalue weighted by Crippen LogP contribution is 2.17. The van der Waals surface area contributed by atoms with Gasteiger partial charge in [-0.15, -0.1) is 11.3 Å². The molecule has 0 aliphatic heterocycles. The Kier molecular flexibility index (Phi) is 3.01. The van der Waals surface area contributed by atoms with E-state index in [0.29, 0.717) is 5.69 Å². The Labute approximate surface area is 114 Å². The van der Waals surface area contributed by atoms with E-state index in [2.05, 4.69) is 23.0 Å². The molecule has 0 saturated heterocycles. The summed E-state index contributed by atoms with van der Waals surface area (Å²) in [5, 5.41) is 0. The number of rotatable bonds is 2. The van der Waals surface area contributed by atoms with Crippen LogP contribution in [0.3, 0.4) is 0 Å². The third-order valence-corrected chi connectivity index (χ3v) is 3.76. The molecular weight excluding hydrogens is 256 g/mol. The summed E-state index contributed by atoms with van der Waals surface area (Å²) in [6.45, 7) is 2.06. The second-order valence-electron chi connectivity index (χ2n) is 4.25. The number of thiophene rings is 1. The molecule has 94 valence electrons. The van der Waals surface area contributed by atoms with Gasteiger partial charge in [0.25, 0.3) is 5.56 Å². The summed E-state index contributed by atoms with van der Waals surface area (Å²) >= 11 is 1.69.